The number of hydrogen-bond donors (Lipinski definition) is 6. The van der Waals surface area contributed by atoms with Crippen LogP contribution in [0.25, 0.3) is 0 Å². The lowest BCUT2D eigenvalue weighted by Crippen LogP contribution is -2.61. The fraction of sp³-hybridized carbons (Fsp3) is 0.707. The Hall–Kier alpha value is -3.94. The summed E-state index contributed by atoms with van der Waals surface area (Å²) in [7, 11) is 0. The highest BCUT2D eigenvalue weighted by atomic mass is 16.7. The normalized spacial score (nSPS) is 19.1. The van der Waals surface area contributed by atoms with Crippen LogP contribution in [-0.2, 0) is 23.8 Å². The Morgan fingerprint density at radius 3 is 1.28 bits per heavy atom. The first-order chi connectivity index (χ1) is 42.2. The number of ether oxygens (including phenoxy) is 3. The third-order valence-electron chi connectivity index (χ3n) is 15.6. The van der Waals surface area contributed by atoms with Gasteiger partial charge in [0.05, 0.1) is 25.4 Å². The van der Waals surface area contributed by atoms with Crippen molar-refractivity contribution in [2.45, 2.75) is 327 Å². The number of aliphatic hydroxyl groups excluding tert-OH is 5. The van der Waals surface area contributed by atoms with Crippen LogP contribution in [0.15, 0.2) is 122 Å². The number of hydrogen-bond acceptors (Lipinski definition) is 10. The summed E-state index contributed by atoms with van der Waals surface area (Å²) in [6.07, 6.45) is 75.1. The predicted octanol–water partition coefficient (Wildman–Crippen LogP) is 17.8. The van der Waals surface area contributed by atoms with Crippen molar-refractivity contribution in [2.24, 2.45) is 0 Å². The van der Waals surface area contributed by atoms with E-state index in [0.717, 1.165) is 148 Å². The summed E-state index contributed by atoms with van der Waals surface area (Å²) in [6, 6.07) is -1.04. The standard InChI is InChI=1S/C75H127NO10/c1-4-7-10-13-16-19-22-25-27-29-31-33-34-35-36-37-39-41-43-45-48-51-54-57-60-63-70(80)86-73-72(82)71(81)69(64-77)85-75(73)84-65-66(67(78)61-58-55-52-49-46-24-21-18-15-12-9-6-3)76-74(83)68(79)62-59-56-53-50-47-44-42-40-38-32-30-28-26-23-20-17-14-11-8-5-2/h7,10,16-17,19-20,25-28,31-33,35-36,38-39,41,58,61,66-69,71-73,75,77-79,81-82H,4-6,8-9,11-15,18,21-24,29-30,34,37,40,42-57,59-60,62-65H2,1-3H3,(H,76,83)/b10-7-,19-16-,20-17-,27-25-,28-26-,33-31-,36-35-,38-32-,41-39-,61-58+. The molecular formula is C75H127NO10. The molecule has 0 saturated carbocycles. The number of esters is 1. The third kappa shape index (κ3) is 48.0. The van der Waals surface area contributed by atoms with Gasteiger partial charge in [-0.3, -0.25) is 9.59 Å². The van der Waals surface area contributed by atoms with Gasteiger partial charge in [-0.15, -0.1) is 0 Å². The van der Waals surface area contributed by atoms with Crippen LogP contribution >= 0.6 is 0 Å². The van der Waals surface area contributed by atoms with Crippen LogP contribution < -0.4 is 5.32 Å². The fourth-order valence-electron chi connectivity index (χ4n) is 10.1. The second-order valence-corrected chi connectivity index (χ2v) is 23.5. The predicted molar refractivity (Wildman–Crippen MR) is 361 cm³/mol. The van der Waals surface area contributed by atoms with Crippen LogP contribution in [-0.4, -0.2) is 99.6 Å². The molecule has 11 nitrogen and oxygen atoms in total. The molecule has 0 aliphatic carbocycles. The first-order valence-electron chi connectivity index (χ1n) is 34.8. The van der Waals surface area contributed by atoms with Crippen LogP contribution in [0.2, 0.25) is 0 Å². The van der Waals surface area contributed by atoms with Gasteiger partial charge in [0.1, 0.15) is 24.4 Å². The van der Waals surface area contributed by atoms with Gasteiger partial charge in [0.2, 0.25) is 5.91 Å². The minimum Gasteiger partial charge on any atom is -0.454 e. The van der Waals surface area contributed by atoms with Crippen molar-refractivity contribution < 1.29 is 49.3 Å². The van der Waals surface area contributed by atoms with Crippen molar-refractivity contribution in [3.63, 3.8) is 0 Å². The summed E-state index contributed by atoms with van der Waals surface area (Å²) in [5.74, 6) is -1.22. The molecule has 86 heavy (non-hydrogen) atoms. The number of carbonyl (C=O) groups excluding carboxylic acids is 2. The average molecular weight is 1200 g/mol. The van der Waals surface area contributed by atoms with E-state index in [1.807, 2.05) is 6.08 Å². The molecule has 0 radical (unpaired) electrons. The summed E-state index contributed by atoms with van der Waals surface area (Å²) in [6.45, 7) is 5.64. The molecule has 8 atom stereocenters. The first kappa shape index (κ1) is 80.1. The van der Waals surface area contributed by atoms with Crippen molar-refractivity contribution in [1.82, 2.24) is 5.32 Å². The monoisotopic (exact) mass is 1200 g/mol. The maximum absolute atomic E-state index is 13.5. The minimum absolute atomic E-state index is 0.0987. The van der Waals surface area contributed by atoms with Gasteiger partial charge in [0.15, 0.2) is 12.4 Å². The van der Waals surface area contributed by atoms with E-state index in [9.17, 15) is 35.1 Å². The Bertz CT molecular complexity index is 1860. The molecule has 8 unspecified atom stereocenters. The van der Waals surface area contributed by atoms with Gasteiger partial charge < -0.3 is 45.1 Å². The van der Waals surface area contributed by atoms with Crippen molar-refractivity contribution in [3.05, 3.63) is 122 Å². The fourth-order valence-corrected chi connectivity index (χ4v) is 10.1. The molecule has 1 aliphatic heterocycles. The number of aliphatic hydroxyl groups is 5. The van der Waals surface area contributed by atoms with Gasteiger partial charge in [-0.2, -0.15) is 0 Å². The Balaban J connectivity index is 2.62. The molecule has 1 heterocycles. The van der Waals surface area contributed by atoms with Crippen molar-refractivity contribution in [1.29, 1.82) is 0 Å². The van der Waals surface area contributed by atoms with Gasteiger partial charge in [-0.1, -0.05) is 277 Å². The second-order valence-electron chi connectivity index (χ2n) is 23.5. The molecule has 1 rings (SSSR count). The summed E-state index contributed by atoms with van der Waals surface area (Å²) in [4.78, 5) is 26.7. The van der Waals surface area contributed by atoms with E-state index in [2.05, 4.69) is 135 Å². The number of rotatable bonds is 58. The summed E-state index contributed by atoms with van der Waals surface area (Å²) < 4.78 is 17.7. The zero-order chi connectivity index (χ0) is 62.4. The summed E-state index contributed by atoms with van der Waals surface area (Å²) in [5, 5.41) is 57.2. The Morgan fingerprint density at radius 1 is 0.465 bits per heavy atom. The molecule has 0 aromatic carbocycles. The zero-order valence-electron chi connectivity index (χ0n) is 54.6. The molecule has 6 N–H and O–H groups in total. The van der Waals surface area contributed by atoms with Crippen LogP contribution in [0.5, 0.6) is 0 Å². The largest absolute Gasteiger partial charge is 0.454 e. The Morgan fingerprint density at radius 2 is 0.837 bits per heavy atom. The highest BCUT2D eigenvalue weighted by Gasteiger charge is 2.47. The number of unbranched alkanes of at least 4 members (excludes halogenated alkanes) is 26. The molecule has 492 valence electrons. The molecule has 0 bridgehead atoms. The topological polar surface area (TPSA) is 175 Å². The summed E-state index contributed by atoms with van der Waals surface area (Å²) in [5.41, 5.74) is 0. The molecule has 11 heteroatoms. The minimum atomic E-state index is -1.63. The van der Waals surface area contributed by atoms with Gasteiger partial charge >= 0.3 is 5.97 Å². The molecule has 1 aliphatic rings. The van der Waals surface area contributed by atoms with E-state index >= 15 is 0 Å². The third-order valence-corrected chi connectivity index (χ3v) is 15.6. The lowest BCUT2D eigenvalue weighted by molar-refractivity contribution is -0.305. The van der Waals surface area contributed by atoms with Gasteiger partial charge in [-0.25, -0.2) is 0 Å². The van der Waals surface area contributed by atoms with Gasteiger partial charge in [0, 0.05) is 6.42 Å². The van der Waals surface area contributed by atoms with Crippen LogP contribution in [0.4, 0.5) is 0 Å². The van der Waals surface area contributed by atoms with E-state index in [-0.39, 0.29) is 19.4 Å². The SMILES string of the molecule is CC/C=C\C/C=C\C/C=C\C/C=C\C/C=C\C/C=C\CCCCCCCCC(=O)OC1C(OCC(NC(=O)C(O)CCCCCCCCC/C=C\C/C=C\C/C=C\CCCCC)C(O)/C=C/CCCCCCCCCCCC)OC(CO)C(O)C1O. The van der Waals surface area contributed by atoms with Crippen LogP contribution in [0.1, 0.15) is 278 Å². The van der Waals surface area contributed by atoms with Gasteiger partial charge in [-0.05, 0) is 116 Å². The van der Waals surface area contributed by atoms with Crippen molar-refractivity contribution >= 4 is 11.9 Å². The van der Waals surface area contributed by atoms with E-state index < -0.39 is 67.4 Å². The Labute approximate surface area is 525 Å². The maximum atomic E-state index is 13.5. The zero-order valence-corrected chi connectivity index (χ0v) is 54.6. The molecule has 1 fully saturated rings. The molecule has 1 saturated heterocycles. The highest BCUT2D eigenvalue weighted by Crippen LogP contribution is 2.26. The first-order valence-corrected chi connectivity index (χ1v) is 34.8. The molecular weight excluding hydrogens is 1070 g/mol. The highest BCUT2D eigenvalue weighted by molar-refractivity contribution is 5.80. The lowest BCUT2D eigenvalue weighted by Gasteiger charge is -2.41. The molecule has 0 aromatic heterocycles. The van der Waals surface area contributed by atoms with Crippen LogP contribution in [0, 0.1) is 0 Å². The van der Waals surface area contributed by atoms with E-state index in [4.69, 9.17) is 14.2 Å². The quantitative estimate of drug-likeness (QED) is 0.0195. The van der Waals surface area contributed by atoms with Crippen LogP contribution in [0.3, 0.4) is 0 Å². The van der Waals surface area contributed by atoms with E-state index in [0.29, 0.717) is 12.8 Å². The summed E-state index contributed by atoms with van der Waals surface area (Å²) >= 11 is 0. The number of amides is 1. The second kappa shape index (κ2) is 61.3. The van der Waals surface area contributed by atoms with Gasteiger partial charge in [0.25, 0.3) is 0 Å². The number of allylic oxidation sites excluding steroid dienone is 19. The lowest BCUT2D eigenvalue weighted by atomic mass is 9.99. The van der Waals surface area contributed by atoms with Crippen molar-refractivity contribution in [2.75, 3.05) is 13.2 Å². The maximum Gasteiger partial charge on any atom is 0.306 e. The molecule has 0 spiro atoms. The number of nitrogens with one attached hydrogen (secondary N) is 1. The smallest absolute Gasteiger partial charge is 0.306 e. The Kier molecular flexibility index (Phi) is 57.1. The molecule has 1 amide bonds. The van der Waals surface area contributed by atoms with E-state index in [1.165, 1.54) is 83.5 Å². The average Bonchev–Trinajstić information content (AvgIpc) is 3.39. The number of carbonyl (C=O) groups is 2. The van der Waals surface area contributed by atoms with E-state index in [1.54, 1.807) is 6.08 Å². The molecule has 0 aromatic rings. The van der Waals surface area contributed by atoms with Crippen molar-refractivity contribution in [3.8, 4) is 0 Å².